The van der Waals surface area contributed by atoms with Crippen molar-refractivity contribution >= 4 is 5.69 Å². The number of nitro benzene ring substituents is 1. The van der Waals surface area contributed by atoms with Gasteiger partial charge in [0, 0.05) is 24.2 Å². The summed E-state index contributed by atoms with van der Waals surface area (Å²) in [5, 5.41) is 14.5. The van der Waals surface area contributed by atoms with E-state index in [1.54, 1.807) is 12.1 Å². The van der Waals surface area contributed by atoms with Crippen LogP contribution in [0.3, 0.4) is 0 Å². The predicted molar refractivity (Wildman–Crippen MR) is 80.6 cm³/mol. The molecule has 0 bridgehead atoms. The molecule has 0 saturated heterocycles. The summed E-state index contributed by atoms with van der Waals surface area (Å²) in [5.74, 6) is 1.53. The highest BCUT2D eigenvalue weighted by Crippen LogP contribution is 2.29. The Kier molecular flexibility index (Phi) is 4.76. The Hall–Kier alpha value is -1.42. The van der Waals surface area contributed by atoms with E-state index in [-0.39, 0.29) is 10.6 Å². The maximum atomic E-state index is 11.0. The molecule has 0 heterocycles. The molecule has 1 N–H and O–H groups in total. The maximum Gasteiger partial charge on any atom is 0.272 e. The fourth-order valence-corrected chi connectivity index (χ4v) is 3.43. The molecule has 1 fully saturated rings. The van der Waals surface area contributed by atoms with Crippen LogP contribution in [0.2, 0.25) is 0 Å². The van der Waals surface area contributed by atoms with Gasteiger partial charge >= 0.3 is 0 Å². The van der Waals surface area contributed by atoms with E-state index >= 15 is 0 Å². The number of nitrogens with one attached hydrogen (secondary N) is 1. The van der Waals surface area contributed by atoms with Crippen molar-refractivity contribution in [3.05, 3.63) is 39.4 Å². The van der Waals surface area contributed by atoms with E-state index in [9.17, 15) is 10.1 Å². The molecule has 0 amide bonds. The topological polar surface area (TPSA) is 55.2 Å². The lowest BCUT2D eigenvalue weighted by molar-refractivity contribution is -0.385. The van der Waals surface area contributed by atoms with Crippen LogP contribution in [0.1, 0.15) is 44.2 Å². The number of rotatable bonds is 4. The third-order valence-corrected chi connectivity index (χ3v) is 4.37. The van der Waals surface area contributed by atoms with Gasteiger partial charge in [0.15, 0.2) is 0 Å². The lowest BCUT2D eigenvalue weighted by Gasteiger charge is -2.32. The third kappa shape index (κ3) is 3.57. The number of benzene rings is 1. The second-order valence-corrected chi connectivity index (χ2v) is 6.31. The molecule has 4 heteroatoms. The minimum Gasteiger partial charge on any atom is -0.310 e. The van der Waals surface area contributed by atoms with E-state index in [1.165, 1.54) is 19.3 Å². The molecule has 2 unspecified atom stereocenters. The summed E-state index contributed by atoms with van der Waals surface area (Å²) in [4.78, 5) is 10.6. The average molecular weight is 276 g/mol. The molecule has 1 aliphatic carbocycles. The third-order valence-electron chi connectivity index (χ3n) is 4.37. The highest BCUT2D eigenvalue weighted by molar-refractivity contribution is 5.44. The van der Waals surface area contributed by atoms with Crippen LogP contribution in [0.4, 0.5) is 5.69 Å². The summed E-state index contributed by atoms with van der Waals surface area (Å²) in [7, 11) is 0. The zero-order valence-corrected chi connectivity index (χ0v) is 12.6. The summed E-state index contributed by atoms with van der Waals surface area (Å²) >= 11 is 0. The molecule has 0 radical (unpaired) electrons. The first kappa shape index (κ1) is 15.0. The number of hydrogen-bond donors (Lipinski definition) is 1. The van der Waals surface area contributed by atoms with Crippen molar-refractivity contribution in [1.82, 2.24) is 5.32 Å². The van der Waals surface area contributed by atoms with Crippen LogP contribution < -0.4 is 5.32 Å². The van der Waals surface area contributed by atoms with Gasteiger partial charge in [-0.25, -0.2) is 0 Å². The van der Waals surface area contributed by atoms with Crippen molar-refractivity contribution in [1.29, 1.82) is 0 Å². The summed E-state index contributed by atoms with van der Waals surface area (Å²) < 4.78 is 0. The first-order valence-electron chi connectivity index (χ1n) is 7.43. The first-order chi connectivity index (χ1) is 9.47. The molecule has 1 aliphatic rings. The van der Waals surface area contributed by atoms with E-state index in [1.807, 2.05) is 13.0 Å². The Morgan fingerprint density at radius 1 is 1.25 bits per heavy atom. The van der Waals surface area contributed by atoms with Gasteiger partial charge in [0.25, 0.3) is 5.69 Å². The van der Waals surface area contributed by atoms with E-state index in [0.29, 0.717) is 6.04 Å². The molecular formula is C16H24N2O2. The second-order valence-electron chi connectivity index (χ2n) is 6.31. The Morgan fingerprint density at radius 2 is 1.90 bits per heavy atom. The fourth-order valence-electron chi connectivity index (χ4n) is 3.43. The highest BCUT2D eigenvalue weighted by atomic mass is 16.6. The van der Waals surface area contributed by atoms with Crippen LogP contribution >= 0.6 is 0 Å². The van der Waals surface area contributed by atoms with Crippen molar-refractivity contribution in [2.45, 2.75) is 52.6 Å². The smallest absolute Gasteiger partial charge is 0.272 e. The molecule has 1 aromatic rings. The average Bonchev–Trinajstić information content (AvgIpc) is 2.36. The molecule has 2 atom stereocenters. The summed E-state index contributed by atoms with van der Waals surface area (Å²) in [5.41, 5.74) is 2.03. The minimum absolute atomic E-state index is 0.217. The molecule has 0 aliphatic heterocycles. The van der Waals surface area contributed by atoms with Crippen LogP contribution in [-0.4, -0.2) is 11.0 Å². The van der Waals surface area contributed by atoms with Gasteiger partial charge in [-0.05, 0) is 43.6 Å². The Morgan fingerprint density at radius 3 is 2.50 bits per heavy atom. The van der Waals surface area contributed by atoms with Gasteiger partial charge in [-0.2, -0.15) is 0 Å². The molecular weight excluding hydrogens is 252 g/mol. The fraction of sp³-hybridized carbons (Fsp3) is 0.625. The monoisotopic (exact) mass is 276 g/mol. The van der Waals surface area contributed by atoms with Crippen LogP contribution in [0.15, 0.2) is 18.2 Å². The van der Waals surface area contributed by atoms with Crippen molar-refractivity contribution in [2.24, 2.45) is 11.8 Å². The van der Waals surface area contributed by atoms with Gasteiger partial charge in [0.1, 0.15) is 0 Å². The normalized spacial score (nSPS) is 26.4. The van der Waals surface area contributed by atoms with Crippen molar-refractivity contribution in [3.63, 3.8) is 0 Å². The highest BCUT2D eigenvalue weighted by Gasteiger charge is 2.23. The van der Waals surface area contributed by atoms with Crippen LogP contribution in [0.5, 0.6) is 0 Å². The minimum atomic E-state index is -0.302. The molecule has 110 valence electrons. The van der Waals surface area contributed by atoms with E-state index in [4.69, 9.17) is 0 Å². The SMILES string of the molecule is Cc1c(CNC2CC(C)CC(C)C2)cccc1[N+](=O)[O-]. The lowest BCUT2D eigenvalue weighted by atomic mass is 9.80. The number of nitro groups is 1. The van der Waals surface area contributed by atoms with Gasteiger partial charge in [0.2, 0.25) is 0 Å². The molecule has 1 aromatic carbocycles. The lowest BCUT2D eigenvalue weighted by Crippen LogP contribution is -2.36. The molecule has 1 saturated carbocycles. The number of nitrogens with zero attached hydrogens (tertiary/aromatic N) is 1. The van der Waals surface area contributed by atoms with E-state index < -0.39 is 0 Å². The summed E-state index contributed by atoms with van der Waals surface area (Å²) in [6, 6.07) is 5.86. The van der Waals surface area contributed by atoms with E-state index in [2.05, 4.69) is 19.2 Å². The van der Waals surface area contributed by atoms with Gasteiger partial charge in [-0.3, -0.25) is 10.1 Å². The van der Waals surface area contributed by atoms with Crippen molar-refractivity contribution in [3.8, 4) is 0 Å². The quantitative estimate of drug-likeness (QED) is 0.672. The van der Waals surface area contributed by atoms with Crippen molar-refractivity contribution in [2.75, 3.05) is 0 Å². The first-order valence-corrected chi connectivity index (χ1v) is 7.43. The van der Waals surface area contributed by atoms with Crippen LogP contribution in [0.25, 0.3) is 0 Å². The molecule has 2 rings (SSSR count). The molecule has 0 spiro atoms. The standard InChI is InChI=1S/C16H24N2O2/c1-11-7-12(2)9-15(8-11)17-10-14-5-4-6-16(13(14)3)18(19)20/h4-6,11-12,15,17H,7-10H2,1-3H3. The zero-order valence-electron chi connectivity index (χ0n) is 12.6. The van der Waals surface area contributed by atoms with E-state index in [0.717, 1.165) is 29.5 Å². The summed E-state index contributed by atoms with van der Waals surface area (Å²) in [6.45, 7) is 7.17. The van der Waals surface area contributed by atoms with Gasteiger partial charge in [-0.1, -0.05) is 26.0 Å². The van der Waals surface area contributed by atoms with Gasteiger partial charge < -0.3 is 5.32 Å². The second kappa shape index (κ2) is 6.35. The largest absolute Gasteiger partial charge is 0.310 e. The van der Waals surface area contributed by atoms with Crippen molar-refractivity contribution < 1.29 is 4.92 Å². The Bertz CT molecular complexity index is 477. The Labute approximate surface area is 120 Å². The summed E-state index contributed by atoms with van der Waals surface area (Å²) in [6.07, 6.45) is 3.73. The van der Waals surface area contributed by atoms with Crippen LogP contribution in [-0.2, 0) is 6.54 Å². The molecule has 20 heavy (non-hydrogen) atoms. The number of hydrogen-bond acceptors (Lipinski definition) is 3. The van der Waals surface area contributed by atoms with Gasteiger partial charge in [0.05, 0.1) is 4.92 Å². The molecule has 0 aromatic heterocycles. The molecule has 4 nitrogen and oxygen atoms in total. The Balaban J connectivity index is 2.00. The van der Waals surface area contributed by atoms with Gasteiger partial charge in [-0.15, -0.1) is 0 Å². The zero-order chi connectivity index (χ0) is 14.7. The predicted octanol–water partition coefficient (Wildman–Crippen LogP) is 3.82. The van der Waals surface area contributed by atoms with Crippen LogP contribution in [0, 0.1) is 28.9 Å². The maximum absolute atomic E-state index is 11.0.